The van der Waals surface area contributed by atoms with Crippen LogP contribution in [0.15, 0.2) is 60.7 Å². The summed E-state index contributed by atoms with van der Waals surface area (Å²) in [5.41, 5.74) is 2.58. The van der Waals surface area contributed by atoms with Gasteiger partial charge in [-0.1, -0.05) is 12.1 Å². The SMILES string of the molecule is O=C(Nc1ccc([N+](=O)[O-])cc1)N1CCN(C(c2ccc3c(c2)OCO3)c2ccc3c(c2)OCO3)CC1. The van der Waals surface area contributed by atoms with Crippen molar-refractivity contribution in [2.45, 2.75) is 6.04 Å². The van der Waals surface area contributed by atoms with Crippen LogP contribution in [0.4, 0.5) is 16.2 Å². The monoisotopic (exact) mass is 504 g/mol. The number of nitro benzene ring substituents is 1. The molecular weight excluding hydrogens is 480 g/mol. The van der Waals surface area contributed by atoms with Crippen molar-refractivity contribution in [2.24, 2.45) is 0 Å². The number of hydrogen-bond donors (Lipinski definition) is 1. The van der Waals surface area contributed by atoms with Crippen LogP contribution in [-0.2, 0) is 0 Å². The molecule has 0 unspecified atom stereocenters. The molecule has 0 atom stereocenters. The molecule has 3 aromatic carbocycles. The van der Waals surface area contributed by atoms with Crippen LogP contribution in [0.5, 0.6) is 23.0 Å². The summed E-state index contributed by atoms with van der Waals surface area (Å²) in [4.78, 5) is 27.3. The van der Waals surface area contributed by atoms with Crippen molar-refractivity contribution in [3.63, 3.8) is 0 Å². The number of carbonyl (C=O) groups excluding carboxylic acids is 1. The number of fused-ring (bicyclic) bond motifs is 2. The third-order valence-corrected chi connectivity index (χ3v) is 6.72. The Balaban J connectivity index is 1.19. The Morgan fingerprint density at radius 2 is 1.32 bits per heavy atom. The number of nitrogens with zero attached hydrogens (tertiary/aromatic N) is 3. The number of nitrogens with one attached hydrogen (secondary N) is 1. The van der Waals surface area contributed by atoms with E-state index in [2.05, 4.69) is 10.2 Å². The van der Waals surface area contributed by atoms with Crippen LogP contribution in [0.3, 0.4) is 0 Å². The van der Waals surface area contributed by atoms with Gasteiger partial charge in [0.25, 0.3) is 5.69 Å². The molecular formula is C26H24N4O7. The predicted octanol–water partition coefficient (Wildman–Crippen LogP) is 3.99. The summed E-state index contributed by atoms with van der Waals surface area (Å²) in [5, 5.41) is 13.7. The first-order valence-electron chi connectivity index (χ1n) is 11.9. The van der Waals surface area contributed by atoms with Gasteiger partial charge in [0.1, 0.15) is 0 Å². The van der Waals surface area contributed by atoms with Crippen molar-refractivity contribution in [1.29, 1.82) is 0 Å². The van der Waals surface area contributed by atoms with Gasteiger partial charge >= 0.3 is 6.03 Å². The number of anilines is 1. The van der Waals surface area contributed by atoms with E-state index in [0.717, 1.165) is 22.6 Å². The van der Waals surface area contributed by atoms with Gasteiger partial charge in [-0.2, -0.15) is 0 Å². The van der Waals surface area contributed by atoms with Crippen LogP contribution in [0, 0.1) is 10.1 Å². The van der Waals surface area contributed by atoms with Gasteiger partial charge in [-0.15, -0.1) is 0 Å². The van der Waals surface area contributed by atoms with E-state index in [-0.39, 0.29) is 31.3 Å². The van der Waals surface area contributed by atoms with Gasteiger partial charge in [-0.25, -0.2) is 4.79 Å². The highest BCUT2D eigenvalue weighted by Crippen LogP contribution is 2.41. The molecule has 0 bridgehead atoms. The Morgan fingerprint density at radius 3 is 1.86 bits per heavy atom. The van der Waals surface area contributed by atoms with Crippen LogP contribution >= 0.6 is 0 Å². The summed E-state index contributed by atoms with van der Waals surface area (Å²) in [7, 11) is 0. The van der Waals surface area contributed by atoms with Crippen LogP contribution in [0.2, 0.25) is 0 Å². The molecule has 0 aliphatic carbocycles. The normalized spacial score (nSPS) is 16.2. The van der Waals surface area contributed by atoms with Gasteiger partial charge in [0.2, 0.25) is 13.6 Å². The molecule has 1 fully saturated rings. The van der Waals surface area contributed by atoms with E-state index in [1.165, 1.54) is 24.3 Å². The summed E-state index contributed by atoms with van der Waals surface area (Å²) >= 11 is 0. The minimum atomic E-state index is -0.471. The van der Waals surface area contributed by atoms with Crippen molar-refractivity contribution in [3.8, 4) is 23.0 Å². The largest absolute Gasteiger partial charge is 0.454 e. The van der Waals surface area contributed by atoms with Gasteiger partial charge in [0, 0.05) is 44.0 Å². The Labute approximate surface area is 212 Å². The first-order chi connectivity index (χ1) is 18.0. The van der Waals surface area contributed by atoms with Crippen molar-refractivity contribution >= 4 is 17.4 Å². The first kappa shape index (κ1) is 22.9. The molecule has 0 spiro atoms. The number of benzene rings is 3. The van der Waals surface area contributed by atoms with Gasteiger partial charge in [0.05, 0.1) is 11.0 Å². The zero-order chi connectivity index (χ0) is 25.4. The number of non-ortho nitro benzene ring substituents is 1. The van der Waals surface area contributed by atoms with E-state index in [1.54, 1.807) is 4.90 Å². The zero-order valence-electron chi connectivity index (χ0n) is 19.8. The number of carbonyl (C=O) groups is 1. The van der Waals surface area contributed by atoms with E-state index in [0.29, 0.717) is 43.4 Å². The molecule has 6 rings (SSSR count). The smallest absolute Gasteiger partial charge is 0.321 e. The maximum atomic E-state index is 12.9. The van der Waals surface area contributed by atoms with E-state index < -0.39 is 4.92 Å². The lowest BCUT2D eigenvalue weighted by Crippen LogP contribution is -2.51. The number of rotatable bonds is 5. The summed E-state index contributed by atoms with van der Waals surface area (Å²) in [6.45, 7) is 2.73. The number of nitro groups is 1. The summed E-state index contributed by atoms with van der Waals surface area (Å²) < 4.78 is 22.2. The lowest BCUT2D eigenvalue weighted by molar-refractivity contribution is -0.384. The third kappa shape index (κ3) is 4.56. The fourth-order valence-electron chi connectivity index (χ4n) is 4.83. The van der Waals surface area contributed by atoms with E-state index in [1.807, 2.05) is 36.4 Å². The van der Waals surface area contributed by atoms with E-state index >= 15 is 0 Å². The molecule has 11 nitrogen and oxygen atoms in total. The number of amides is 2. The highest BCUT2D eigenvalue weighted by molar-refractivity contribution is 5.89. The molecule has 190 valence electrons. The fraction of sp³-hybridized carbons (Fsp3) is 0.269. The fourth-order valence-corrected chi connectivity index (χ4v) is 4.83. The molecule has 2 amide bonds. The summed E-state index contributed by atoms with van der Waals surface area (Å²) in [6.07, 6.45) is 0. The predicted molar refractivity (Wildman–Crippen MR) is 132 cm³/mol. The van der Waals surface area contributed by atoms with Crippen LogP contribution in [0.1, 0.15) is 17.2 Å². The standard InChI is InChI=1S/C26H24N4O7/c31-26(27-19-3-5-20(6-4-19)30(32)33)29-11-9-28(10-12-29)25(17-1-7-21-23(13-17)36-15-34-21)18-2-8-22-24(14-18)37-16-35-22/h1-8,13-14,25H,9-12,15-16H2,(H,27,31). The average Bonchev–Trinajstić information content (AvgIpc) is 3.58. The molecule has 0 saturated carbocycles. The number of hydrogen-bond acceptors (Lipinski definition) is 8. The quantitative estimate of drug-likeness (QED) is 0.410. The second-order valence-electron chi connectivity index (χ2n) is 8.89. The minimum Gasteiger partial charge on any atom is -0.454 e. The first-order valence-corrected chi connectivity index (χ1v) is 11.9. The highest BCUT2D eigenvalue weighted by atomic mass is 16.7. The summed E-state index contributed by atoms with van der Waals surface area (Å²) in [6, 6.07) is 17.4. The molecule has 0 radical (unpaired) electrons. The number of ether oxygens (including phenoxy) is 4. The number of urea groups is 1. The molecule has 1 N–H and O–H groups in total. The van der Waals surface area contributed by atoms with E-state index in [9.17, 15) is 14.9 Å². The van der Waals surface area contributed by atoms with Crippen molar-refractivity contribution in [1.82, 2.24) is 9.80 Å². The molecule has 3 aromatic rings. The van der Waals surface area contributed by atoms with Crippen LogP contribution < -0.4 is 24.3 Å². The Morgan fingerprint density at radius 1 is 0.784 bits per heavy atom. The van der Waals surface area contributed by atoms with Crippen molar-refractivity contribution < 1.29 is 28.7 Å². The number of piperazine rings is 1. The summed E-state index contributed by atoms with van der Waals surface area (Å²) in [5.74, 6) is 2.87. The molecule has 3 aliphatic rings. The molecule has 11 heteroatoms. The van der Waals surface area contributed by atoms with Gasteiger partial charge < -0.3 is 29.2 Å². The molecule has 3 heterocycles. The maximum Gasteiger partial charge on any atom is 0.321 e. The molecule has 3 aliphatic heterocycles. The minimum absolute atomic E-state index is 0.0234. The molecule has 1 saturated heterocycles. The maximum absolute atomic E-state index is 12.9. The van der Waals surface area contributed by atoms with Crippen molar-refractivity contribution in [2.75, 3.05) is 45.1 Å². The lowest BCUT2D eigenvalue weighted by atomic mass is 9.95. The highest BCUT2D eigenvalue weighted by Gasteiger charge is 2.30. The van der Waals surface area contributed by atoms with E-state index in [4.69, 9.17) is 18.9 Å². The topological polar surface area (TPSA) is 116 Å². The second-order valence-corrected chi connectivity index (χ2v) is 8.89. The van der Waals surface area contributed by atoms with Gasteiger partial charge in [-0.05, 0) is 47.5 Å². The third-order valence-electron chi connectivity index (χ3n) is 6.72. The van der Waals surface area contributed by atoms with Crippen LogP contribution in [-0.4, -0.2) is 60.5 Å². The van der Waals surface area contributed by atoms with Crippen molar-refractivity contribution in [3.05, 3.63) is 81.9 Å². The lowest BCUT2D eigenvalue weighted by Gasteiger charge is -2.39. The molecule has 0 aromatic heterocycles. The van der Waals surface area contributed by atoms with Gasteiger partial charge in [0.15, 0.2) is 23.0 Å². The Bertz CT molecular complexity index is 1280. The zero-order valence-corrected chi connectivity index (χ0v) is 19.8. The Kier molecular flexibility index (Phi) is 5.89. The van der Waals surface area contributed by atoms with Gasteiger partial charge in [-0.3, -0.25) is 15.0 Å². The molecule has 37 heavy (non-hydrogen) atoms. The second kappa shape index (κ2) is 9.51. The average molecular weight is 504 g/mol. The Hall–Kier alpha value is -4.51. The van der Waals surface area contributed by atoms with Crippen LogP contribution in [0.25, 0.3) is 0 Å².